The molecule has 3 rings (SSSR count). The number of benzene rings is 1. The number of hydrogen-bond donors (Lipinski definition) is 1. The van der Waals surface area contributed by atoms with Gasteiger partial charge in [0.15, 0.2) is 0 Å². The molecule has 5 heteroatoms. The van der Waals surface area contributed by atoms with Crippen LogP contribution in [-0.4, -0.2) is 69.2 Å². The molecule has 0 spiro atoms. The maximum atomic E-state index is 13.1. The lowest BCUT2D eigenvalue weighted by Crippen LogP contribution is -2.39. The van der Waals surface area contributed by atoms with Gasteiger partial charge >= 0.3 is 0 Å². The standard InChI is InChI=1S/C18H27N3O2/c1-20(2)11-14-12-21(9-10-23-13-14)18(22)16-7-3-5-15-6-4-8-19-17(15)16/h3,5,7,14,19H,4,6,8-13H2,1-2H3/t14-/m1/s1. The van der Waals surface area contributed by atoms with Gasteiger partial charge in [0.25, 0.3) is 5.91 Å². The summed E-state index contributed by atoms with van der Waals surface area (Å²) in [4.78, 5) is 17.2. The highest BCUT2D eigenvalue weighted by Gasteiger charge is 2.26. The first-order valence-electron chi connectivity index (χ1n) is 8.52. The van der Waals surface area contributed by atoms with Gasteiger partial charge in [-0.05, 0) is 38.6 Å². The van der Waals surface area contributed by atoms with Gasteiger partial charge in [0.1, 0.15) is 0 Å². The Morgan fingerprint density at radius 3 is 3.13 bits per heavy atom. The van der Waals surface area contributed by atoms with E-state index in [1.807, 2.05) is 17.0 Å². The zero-order valence-electron chi connectivity index (χ0n) is 14.2. The first-order valence-corrected chi connectivity index (χ1v) is 8.52. The highest BCUT2D eigenvalue weighted by atomic mass is 16.5. The summed E-state index contributed by atoms with van der Waals surface area (Å²) in [7, 11) is 4.13. The molecule has 1 N–H and O–H groups in total. The molecule has 2 heterocycles. The molecule has 2 aliphatic rings. The minimum Gasteiger partial charge on any atom is -0.384 e. The van der Waals surface area contributed by atoms with Crippen LogP contribution in [0.1, 0.15) is 22.3 Å². The van der Waals surface area contributed by atoms with E-state index in [4.69, 9.17) is 4.74 Å². The summed E-state index contributed by atoms with van der Waals surface area (Å²) in [6.07, 6.45) is 2.18. The van der Waals surface area contributed by atoms with E-state index in [1.165, 1.54) is 5.56 Å². The van der Waals surface area contributed by atoms with Crippen LogP contribution in [0.15, 0.2) is 18.2 Å². The van der Waals surface area contributed by atoms with E-state index in [2.05, 4.69) is 30.4 Å². The van der Waals surface area contributed by atoms with Crippen LogP contribution >= 0.6 is 0 Å². The Morgan fingerprint density at radius 1 is 1.43 bits per heavy atom. The minimum absolute atomic E-state index is 0.130. The van der Waals surface area contributed by atoms with Gasteiger partial charge in [0.2, 0.25) is 0 Å². The average Bonchev–Trinajstić information content (AvgIpc) is 2.78. The Balaban J connectivity index is 1.79. The van der Waals surface area contributed by atoms with Crippen LogP contribution in [-0.2, 0) is 11.2 Å². The Morgan fingerprint density at radius 2 is 2.30 bits per heavy atom. The van der Waals surface area contributed by atoms with E-state index in [9.17, 15) is 4.79 Å². The molecule has 5 nitrogen and oxygen atoms in total. The van der Waals surface area contributed by atoms with Gasteiger partial charge in [-0.3, -0.25) is 4.79 Å². The van der Waals surface area contributed by atoms with Gasteiger partial charge in [-0.1, -0.05) is 12.1 Å². The number of nitrogens with one attached hydrogen (secondary N) is 1. The third-order valence-electron chi connectivity index (χ3n) is 4.55. The van der Waals surface area contributed by atoms with Gasteiger partial charge < -0.3 is 19.9 Å². The number of ether oxygens (including phenoxy) is 1. The molecule has 0 bridgehead atoms. The van der Waals surface area contributed by atoms with E-state index in [1.54, 1.807) is 0 Å². The Bertz CT molecular complexity index is 559. The molecule has 0 aliphatic carbocycles. The molecular weight excluding hydrogens is 290 g/mol. The van der Waals surface area contributed by atoms with Crippen LogP contribution in [0.4, 0.5) is 5.69 Å². The fourth-order valence-corrected chi connectivity index (χ4v) is 3.55. The Kier molecular flexibility index (Phi) is 5.18. The molecule has 0 aromatic heterocycles. The highest BCUT2D eigenvalue weighted by Crippen LogP contribution is 2.27. The normalized spacial score (nSPS) is 21.5. The summed E-state index contributed by atoms with van der Waals surface area (Å²) in [5, 5.41) is 3.42. The quantitative estimate of drug-likeness (QED) is 0.921. The number of rotatable bonds is 3. The first-order chi connectivity index (χ1) is 11.1. The average molecular weight is 317 g/mol. The number of anilines is 1. The van der Waals surface area contributed by atoms with E-state index in [-0.39, 0.29) is 5.91 Å². The van der Waals surface area contributed by atoms with Crippen molar-refractivity contribution in [2.45, 2.75) is 12.8 Å². The topological polar surface area (TPSA) is 44.8 Å². The van der Waals surface area contributed by atoms with Crippen molar-refractivity contribution in [3.63, 3.8) is 0 Å². The van der Waals surface area contributed by atoms with E-state index in [0.717, 1.165) is 50.3 Å². The second-order valence-electron chi connectivity index (χ2n) is 6.82. The second kappa shape index (κ2) is 7.32. The van der Waals surface area contributed by atoms with Crippen LogP contribution < -0.4 is 5.32 Å². The second-order valence-corrected chi connectivity index (χ2v) is 6.82. The van der Waals surface area contributed by atoms with Crippen LogP contribution in [0.5, 0.6) is 0 Å². The maximum Gasteiger partial charge on any atom is 0.256 e. The molecule has 1 atom stereocenters. The van der Waals surface area contributed by atoms with Crippen LogP contribution in [0.2, 0.25) is 0 Å². The summed E-state index contributed by atoms with van der Waals surface area (Å²) in [6, 6.07) is 6.08. The fraction of sp³-hybridized carbons (Fsp3) is 0.611. The van der Waals surface area contributed by atoms with Gasteiger partial charge in [-0.25, -0.2) is 0 Å². The van der Waals surface area contributed by atoms with Gasteiger partial charge in [0.05, 0.1) is 24.5 Å². The van der Waals surface area contributed by atoms with Crippen molar-refractivity contribution in [3.8, 4) is 0 Å². The zero-order chi connectivity index (χ0) is 16.2. The van der Waals surface area contributed by atoms with E-state index < -0.39 is 0 Å². The molecule has 126 valence electrons. The lowest BCUT2D eigenvalue weighted by molar-refractivity contribution is 0.0736. The molecule has 1 amide bonds. The Labute approximate surface area is 138 Å². The summed E-state index contributed by atoms with van der Waals surface area (Å²) in [5.41, 5.74) is 3.11. The number of amides is 1. The predicted octanol–water partition coefficient (Wildman–Crippen LogP) is 1.69. The van der Waals surface area contributed by atoms with Crippen molar-refractivity contribution in [2.75, 3.05) is 58.8 Å². The van der Waals surface area contributed by atoms with E-state index >= 15 is 0 Å². The molecule has 1 aromatic rings. The summed E-state index contributed by atoms with van der Waals surface area (Å²) in [5.74, 6) is 0.495. The Hall–Kier alpha value is -1.59. The molecule has 1 aromatic carbocycles. The third kappa shape index (κ3) is 3.85. The maximum absolute atomic E-state index is 13.1. The van der Waals surface area contributed by atoms with Crippen molar-refractivity contribution in [1.29, 1.82) is 0 Å². The lowest BCUT2D eigenvalue weighted by Gasteiger charge is -2.27. The third-order valence-corrected chi connectivity index (χ3v) is 4.55. The molecule has 0 radical (unpaired) electrons. The number of carbonyl (C=O) groups excluding carboxylic acids is 1. The molecule has 0 unspecified atom stereocenters. The molecule has 23 heavy (non-hydrogen) atoms. The van der Waals surface area contributed by atoms with Crippen LogP contribution in [0.25, 0.3) is 0 Å². The van der Waals surface area contributed by atoms with Crippen LogP contribution in [0.3, 0.4) is 0 Å². The largest absolute Gasteiger partial charge is 0.384 e. The fourth-order valence-electron chi connectivity index (χ4n) is 3.55. The van der Waals surface area contributed by atoms with Crippen molar-refractivity contribution in [2.24, 2.45) is 5.92 Å². The number of carbonyl (C=O) groups is 1. The number of fused-ring (bicyclic) bond motifs is 1. The monoisotopic (exact) mass is 317 g/mol. The molecule has 0 saturated carbocycles. The number of nitrogens with zero attached hydrogens (tertiary/aromatic N) is 2. The molecule has 2 aliphatic heterocycles. The van der Waals surface area contributed by atoms with Gasteiger partial charge in [-0.2, -0.15) is 0 Å². The lowest BCUT2D eigenvalue weighted by atomic mass is 9.98. The highest BCUT2D eigenvalue weighted by molar-refractivity contribution is 6.00. The number of aryl methyl sites for hydroxylation is 1. The number of para-hydroxylation sites is 1. The van der Waals surface area contributed by atoms with Crippen molar-refractivity contribution >= 4 is 11.6 Å². The summed E-state index contributed by atoms with van der Waals surface area (Å²) < 4.78 is 5.70. The first kappa shape index (κ1) is 16.3. The van der Waals surface area contributed by atoms with Crippen molar-refractivity contribution < 1.29 is 9.53 Å². The predicted molar refractivity (Wildman–Crippen MR) is 92.0 cm³/mol. The van der Waals surface area contributed by atoms with Crippen molar-refractivity contribution in [1.82, 2.24) is 9.80 Å². The van der Waals surface area contributed by atoms with E-state index in [0.29, 0.717) is 19.1 Å². The molecular formula is C18H27N3O2. The smallest absolute Gasteiger partial charge is 0.256 e. The molecule has 1 saturated heterocycles. The van der Waals surface area contributed by atoms with Gasteiger partial charge in [-0.15, -0.1) is 0 Å². The van der Waals surface area contributed by atoms with Crippen LogP contribution in [0, 0.1) is 5.92 Å². The minimum atomic E-state index is 0.130. The number of hydrogen-bond acceptors (Lipinski definition) is 4. The summed E-state index contributed by atoms with van der Waals surface area (Å²) in [6.45, 7) is 4.68. The van der Waals surface area contributed by atoms with Crippen molar-refractivity contribution in [3.05, 3.63) is 29.3 Å². The zero-order valence-corrected chi connectivity index (χ0v) is 14.2. The van der Waals surface area contributed by atoms with Gasteiger partial charge in [0, 0.05) is 32.1 Å². The SMILES string of the molecule is CN(C)C[C@H]1COCCN(C(=O)c2cccc3c2NCCC3)C1. The molecule has 1 fully saturated rings. The summed E-state index contributed by atoms with van der Waals surface area (Å²) >= 11 is 0.